The van der Waals surface area contributed by atoms with Crippen LogP contribution in [-0.2, 0) is 9.59 Å². The van der Waals surface area contributed by atoms with Crippen LogP contribution < -0.4 is 4.90 Å². The lowest BCUT2D eigenvalue weighted by Crippen LogP contribution is -2.26. The van der Waals surface area contributed by atoms with E-state index < -0.39 is 0 Å². The van der Waals surface area contributed by atoms with Crippen LogP contribution in [-0.4, -0.2) is 38.5 Å². The number of aromatic nitrogens is 3. The summed E-state index contributed by atoms with van der Waals surface area (Å²) in [5.41, 5.74) is 0. The molecule has 2 fully saturated rings. The molecule has 1 aliphatic carbocycles. The van der Waals surface area contributed by atoms with E-state index in [0.717, 1.165) is 18.7 Å². The molecular weight excluding hydrogens is 264 g/mol. The second-order valence-corrected chi connectivity index (χ2v) is 6.37. The molecule has 0 spiro atoms. The first-order chi connectivity index (χ1) is 9.13. The molecule has 19 heavy (non-hydrogen) atoms. The fourth-order valence-electron chi connectivity index (χ4n) is 2.25. The van der Waals surface area contributed by atoms with Crippen molar-refractivity contribution in [1.82, 2.24) is 15.2 Å². The van der Waals surface area contributed by atoms with Crippen molar-refractivity contribution in [3.8, 4) is 0 Å². The highest BCUT2D eigenvalue weighted by Gasteiger charge is 2.34. The first-order valence-corrected chi connectivity index (χ1v) is 7.48. The van der Waals surface area contributed by atoms with Crippen LogP contribution >= 0.6 is 11.8 Å². The van der Waals surface area contributed by atoms with E-state index in [4.69, 9.17) is 0 Å². The molecule has 1 unspecified atom stereocenters. The van der Waals surface area contributed by atoms with Crippen LogP contribution in [0.25, 0.3) is 0 Å². The number of rotatable bonds is 4. The molecule has 1 aromatic rings. The van der Waals surface area contributed by atoms with Gasteiger partial charge in [0.15, 0.2) is 5.12 Å². The highest BCUT2D eigenvalue weighted by molar-refractivity contribution is 8.13. The van der Waals surface area contributed by atoms with Gasteiger partial charge in [-0.2, -0.15) is 4.98 Å². The Labute approximate surface area is 115 Å². The van der Waals surface area contributed by atoms with Crippen LogP contribution in [0.4, 0.5) is 5.95 Å². The Balaban J connectivity index is 1.63. The SMILES string of the molecule is CC(=O)SCC1CC(=O)N(c2n[nH]c(C3CC3)n2)C1. The summed E-state index contributed by atoms with van der Waals surface area (Å²) in [6.07, 6.45) is 2.79. The maximum Gasteiger partial charge on any atom is 0.251 e. The number of amides is 1. The topological polar surface area (TPSA) is 79.0 Å². The average Bonchev–Trinajstić information content (AvgIpc) is 2.98. The van der Waals surface area contributed by atoms with Gasteiger partial charge in [-0.1, -0.05) is 11.8 Å². The highest BCUT2D eigenvalue weighted by atomic mass is 32.2. The standard InChI is InChI=1S/C12H16N4O2S/c1-7(17)19-6-8-4-10(18)16(5-8)12-13-11(14-15-12)9-2-3-9/h8-9H,2-6H2,1H3,(H,13,14,15). The summed E-state index contributed by atoms with van der Waals surface area (Å²) in [5.74, 6) is 2.84. The Morgan fingerprint density at radius 2 is 2.32 bits per heavy atom. The largest absolute Gasteiger partial charge is 0.288 e. The highest BCUT2D eigenvalue weighted by Crippen LogP contribution is 2.38. The van der Waals surface area contributed by atoms with Gasteiger partial charge in [0, 0.05) is 31.6 Å². The van der Waals surface area contributed by atoms with E-state index in [1.165, 1.54) is 11.8 Å². The number of hydrogen-bond acceptors (Lipinski definition) is 5. The van der Waals surface area contributed by atoms with Crippen molar-refractivity contribution >= 4 is 28.7 Å². The minimum absolute atomic E-state index is 0.0514. The zero-order valence-corrected chi connectivity index (χ0v) is 11.6. The van der Waals surface area contributed by atoms with Crippen LogP contribution in [0.15, 0.2) is 0 Å². The summed E-state index contributed by atoms with van der Waals surface area (Å²) in [4.78, 5) is 28.9. The van der Waals surface area contributed by atoms with Crippen LogP contribution in [0.5, 0.6) is 0 Å². The Morgan fingerprint density at radius 1 is 1.53 bits per heavy atom. The predicted octanol–water partition coefficient (Wildman–Crippen LogP) is 1.31. The van der Waals surface area contributed by atoms with Crippen molar-refractivity contribution < 1.29 is 9.59 Å². The molecular formula is C12H16N4O2S. The molecule has 1 atom stereocenters. The first kappa shape index (κ1) is 12.7. The zero-order chi connectivity index (χ0) is 13.4. The summed E-state index contributed by atoms with van der Waals surface area (Å²) in [6.45, 7) is 2.16. The third-order valence-electron chi connectivity index (χ3n) is 3.42. The van der Waals surface area contributed by atoms with E-state index in [0.29, 0.717) is 30.6 Å². The predicted molar refractivity (Wildman–Crippen MR) is 72.0 cm³/mol. The van der Waals surface area contributed by atoms with E-state index in [9.17, 15) is 9.59 Å². The molecule has 1 aromatic heterocycles. The van der Waals surface area contributed by atoms with E-state index in [-0.39, 0.29) is 16.9 Å². The Kier molecular flexibility index (Phi) is 3.30. The summed E-state index contributed by atoms with van der Waals surface area (Å²) in [5, 5.41) is 7.15. The Bertz CT molecular complexity index is 512. The van der Waals surface area contributed by atoms with E-state index in [1.54, 1.807) is 11.8 Å². The molecule has 1 N–H and O–H groups in total. The number of nitrogens with one attached hydrogen (secondary N) is 1. The molecule has 1 saturated carbocycles. The third kappa shape index (κ3) is 2.80. The fourth-order valence-corrected chi connectivity index (χ4v) is 2.94. The van der Waals surface area contributed by atoms with Gasteiger partial charge in [-0.05, 0) is 18.8 Å². The van der Waals surface area contributed by atoms with Gasteiger partial charge in [-0.3, -0.25) is 19.6 Å². The number of aromatic amines is 1. The fraction of sp³-hybridized carbons (Fsp3) is 0.667. The number of H-pyrrole nitrogens is 1. The molecule has 6 nitrogen and oxygen atoms in total. The minimum Gasteiger partial charge on any atom is -0.288 e. The number of nitrogens with zero attached hydrogens (tertiary/aromatic N) is 3. The summed E-state index contributed by atoms with van der Waals surface area (Å²) < 4.78 is 0. The van der Waals surface area contributed by atoms with Gasteiger partial charge < -0.3 is 0 Å². The summed E-state index contributed by atoms with van der Waals surface area (Å²) >= 11 is 1.28. The lowest BCUT2D eigenvalue weighted by atomic mass is 10.1. The van der Waals surface area contributed by atoms with Gasteiger partial charge in [-0.15, -0.1) is 5.10 Å². The molecule has 1 saturated heterocycles. The Morgan fingerprint density at radius 3 is 3.00 bits per heavy atom. The summed E-state index contributed by atoms with van der Waals surface area (Å²) in [7, 11) is 0. The molecule has 102 valence electrons. The van der Waals surface area contributed by atoms with Crippen molar-refractivity contribution in [1.29, 1.82) is 0 Å². The zero-order valence-electron chi connectivity index (χ0n) is 10.8. The van der Waals surface area contributed by atoms with Crippen molar-refractivity contribution in [2.45, 2.75) is 32.1 Å². The first-order valence-electron chi connectivity index (χ1n) is 6.49. The molecule has 0 bridgehead atoms. The molecule has 2 aliphatic rings. The van der Waals surface area contributed by atoms with Crippen molar-refractivity contribution in [3.05, 3.63) is 5.82 Å². The van der Waals surface area contributed by atoms with Crippen molar-refractivity contribution in [3.63, 3.8) is 0 Å². The minimum atomic E-state index is 0.0514. The van der Waals surface area contributed by atoms with Crippen LogP contribution in [0.2, 0.25) is 0 Å². The second kappa shape index (κ2) is 4.96. The van der Waals surface area contributed by atoms with Gasteiger partial charge in [0.05, 0.1) is 0 Å². The van der Waals surface area contributed by atoms with Crippen LogP contribution in [0.3, 0.4) is 0 Å². The lowest BCUT2D eigenvalue weighted by Gasteiger charge is -2.11. The average molecular weight is 280 g/mol. The maximum atomic E-state index is 12.0. The monoisotopic (exact) mass is 280 g/mol. The smallest absolute Gasteiger partial charge is 0.251 e. The number of carbonyl (C=O) groups is 2. The number of carbonyl (C=O) groups excluding carboxylic acids is 2. The van der Waals surface area contributed by atoms with Gasteiger partial charge in [0.2, 0.25) is 5.91 Å². The van der Waals surface area contributed by atoms with Crippen molar-refractivity contribution in [2.75, 3.05) is 17.2 Å². The van der Waals surface area contributed by atoms with Crippen LogP contribution in [0, 0.1) is 5.92 Å². The van der Waals surface area contributed by atoms with Crippen LogP contribution in [0.1, 0.15) is 37.9 Å². The molecule has 0 aromatic carbocycles. The van der Waals surface area contributed by atoms with E-state index in [2.05, 4.69) is 15.2 Å². The van der Waals surface area contributed by atoms with E-state index >= 15 is 0 Å². The molecule has 7 heteroatoms. The van der Waals surface area contributed by atoms with E-state index in [1.807, 2.05) is 0 Å². The quantitative estimate of drug-likeness (QED) is 0.899. The third-order valence-corrected chi connectivity index (χ3v) is 4.47. The summed E-state index contributed by atoms with van der Waals surface area (Å²) in [6, 6.07) is 0. The van der Waals surface area contributed by atoms with Gasteiger partial charge >= 0.3 is 0 Å². The lowest BCUT2D eigenvalue weighted by molar-refractivity contribution is -0.117. The normalized spacial score (nSPS) is 23.1. The van der Waals surface area contributed by atoms with Gasteiger partial charge in [0.1, 0.15) is 5.82 Å². The van der Waals surface area contributed by atoms with Crippen molar-refractivity contribution in [2.24, 2.45) is 5.92 Å². The molecule has 3 rings (SSSR count). The molecule has 1 amide bonds. The maximum absolute atomic E-state index is 12.0. The molecule has 0 radical (unpaired) electrons. The second-order valence-electron chi connectivity index (χ2n) is 5.17. The van der Waals surface area contributed by atoms with Gasteiger partial charge in [0.25, 0.3) is 5.95 Å². The molecule has 1 aliphatic heterocycles. The molecule has 2 heterocycles. The number of thioether (sulfide) groups is 1. The van der Waals surface area contributed by atoms with Gasteiger partial charge in [-0.25, -0.2) is 0 Å². The number of anilines is 1. The Hall–Kier alpha value is -1.37. The number of hydrogen-bond donors (Lipinski definition) is 1.